The Morgan fingerprint density at radius 2 is 1.71 bits per heavy atom. The number of fused-ring (bicyclic) bond motifs is 2. The summed E-state index contributed by atoms with van der Waals surface area (Å²) in [7, 11) is 0. The number of nitrogens with one attached hydrogen (secondary N) is 1. The van der Waals surface area contributed by atoms with E-state index in [4.69, 9.17) is 15.2 Å². The first kappa shape index (κ1) is 11.8. The summed E-state index contributed by atoms with van der Waals surface area (Å²) >= 11 is 0. The molecule has 3 aromatic rings. The highest BCUT2D eigenvalue weighted by atomic mass is 16.7. The van der Waals surface area contributed by atoms with Gasteiger partial charge in [0.1, 0.15) is 5.52 Å². The summed E-state index contributed by atoms with van der Waals surface area (Å²) in [6.07, 6.45) is 0. The van der Waals surface area contributed by atoms with Crippen LogP contribution < -0.4 is 20.5 Å². The molecule has 6 nitrogen and oxygen atoms in total. The van der Waals surface area contributed by atoms with Crippen molar-refractivity contribution < 1.29 is 9.47 Å². The zero-order chi connectivity index (χ0) is 14.2. The summed E-state index contributed by atoms with van der Waals surface area (Å²) in [4.78, 5) is 8.87. The topological polar surface area (TPSA) is 82.3 Å². The van der Waals surface area contributed by atoms with Crippen LogP contribution in [0.2, 0.25) is 0 Å². The Balaban J connectivity index is 1.79. The van der Waals surface area contributed by atoms with Crippen molar-refractivity contribution >= 4 is 28.1 Å². The lowest BCUT2D eigenvalue weighted by Gasteiger charge is -2.09. The van der Waals surface area contributed by atoms with Crippen LogP contribution in [0.15, 0.2) is 42.5 Å². The number of nitrogens with two attached hydrogens (primary N) is 1. The molecule has 0 radical (unpaired) electrons. The first-order valence-electron chi connectivity index (χ1n) is 6.48. The molecule has 2 heterocycles. The molecule has 1 aromatic heterocycles. The van der Waals surface area contributed by atoms with E-state index in [9.17, 15) is 0 Å². The van der Waals surface area contributed by atoms with Gasteiger partial charge in [0.25, 0.3) is 11.8 Å². The second-order valence-electron chi connectivity index (χ2n) is 4.66. The summed E-state index contributed by atoms with van der Waals surface area (Å²) in [5, 5.41) is 3.31. The van der Waals surface area contributed by atoms with Gasteiger partial charge in [0.15, 0.2) is 0 Å². The summed E-state index contributed by atoms with van der Waals surface area (Å²) in [6.45, 7) is 0.159. The van der Waals surface area contributed by atoms with Crippen molar-refractivity contribution in [3.05, 3.63) is 42.5 Å². The summed E-state index contributed by atoms with van der Waals surface area (Å²) < 4.78 is 10.5. The van der Waals surface area contributed by atoms with Gasteiger partial charge in [-0.15, -0.1) is 0 Å². The highest BCUT2D eigenvalue weighted by Gasteiger charge is 2.19. The Morgan fingerprint density at radius 1 is 0.952 bits per heavy atom. The quantitative estimate of drug-likeness (QED) is 0.702. The minimum atomic E-state index is 0.159. The summed E-state index contributed by atoms with van der Waals surface area (Å²) in [5.41, 5.74) is 9.68. The van der Waals surface area contributed by atoms with E-state index in [1.165, 1.54) is 0 Å². The number of ether oxygens (including phenoxy) is 2. The number of nitrogens with zero attached hydrogens (tertiary/aromatic N) is 2. The molecule has 0 fully saturated rings. The monoisotopic (exact) mass is 280 g/mol. The van der Waals surface area contributed by atoms with E-state index in [1.54, 1.807) is 0 Å². The molecule has 0 atom stereocenters. The summed E-state index contributed by atoms with van der Waals surface area (Å²) in [6, 6.07) is 13.2. The lowest BCUT2D eigenvalue weighted by atomic mass is 10.2. The van der Waals surface area contributed by atoms with E-state index in [-0.39, 0.29) is 6.79 Å². The lowest BCUT2D eigenvalue weighted by Crippen LogP contribution is -1.95. The third kappa shape index (κ3) is 2.06. The first-order chi connectivity index (χ1) is 10.3. The molecular formula is C15H12N4O2. The molecule has 1 aliphatic heterocycles. The van der Waals surface area contributed by atoms with Gasteiger partial charge in [-0.1, -0.05) is 6.07 Å². The van der Waals surface area contributed by atoms with Crippen LogP contribution in [0.3, 0.4) is 0 Å². The maximum absolute atomic E-state index is 5.69. The van der Waals surface area contributed by atoms with Gasteiger partial charge in [0.05, 0.1) is 11.2 Å². The molecule has 1 aliphatic rings. The van der Waals surface area contributed by atoms with Gasteiger partial charge < -0.3 is 20.5 Å². The van der Waals surface area contributed by atoms with E-state index < -0.39 is 0 Å². The predicted octanol–water partition coefficient (Wildman–Crippen LogP) is 2.68. The fourth-order valence-electron chi connectivity index (χ4n) is 2.20. The van der Waals surface area contributed by atoms with Crippen molar-refractivity contribution in [1.29, 1.82) is 0 Å². The van der Waals surface area contributed by atoms with Gasteiger partial charge in [0, 0.05) is 11.4 Å². The van der Waals surface area contributed by atoms with Gasteiger partial charge in [-0.05, 0) is 36.4 Å². The molecule has 0 aliphatic carbocycles. The van der Waals surface area contributed by atoms with Crippen molar-refractivity contribution in [2.45, 2.75) is 0 Å². The number of rotatable bonds is 2. The maximum Gasteiger partial charge on any atom is 0.281 e. The lowest BCUT2D eigenvalue weighted by molar-refractivity contribution is 0.168. The zero-order valence-corrected chi connectivity index (χ0v) is 11.0. The Morgan fingerprint density at radius 3 is 2.52 bits per heavy atom. The van der Waals surface area contributed by atoms with Crippen LogP contribution in [0.1, 0.15) is 0 Å². The molecule has 0 amide bonds. The SMILES string of the molecule is Nc1ccc(Nc2cccc3nc4c(nc23)OCO4)cc1. The van der Waals surface area contributed by atoms with Gasteiger partial charge in [-0.3, -0.25) is 0 Å². The molecule has 3 N–H and O–H groups in total. The normalized spacial score (nSPS) is 12.6. The molecule has 0 saturated heterocycles. The van der Waals surface area contributed by atoms with Crippen LogP contribution in [0.4, 0.5) is 17.1 Å². The van der Waals surface area contributed by atoms with E-state index >= 15 is 0 Å². The predicted molar refractivity (Wildman–Crippen MR) is 79.8 cm³/mol. The Hall–Kier alpha value is -3.02. The van der Waals surface area contributed by atoms with Crippen molar-refractivity contribution in [2.24, 2.45) is 0 Å². The first-order valence-corrected chi connectivity index (χ1v) is 6.48. The highest BCUT2D eigenvalue weighted by molar-refractivity contribution is 5.90. The Bertz CT molecular complexity index is 818. The van der Waals surface area contributed by atoms with E-state index in [0.717, 1.165) is 28.1 Å². The fourth-order valence-corrected chi connectivity index (χ4v) is 2.20. The van der Waals surface area contributed by atoms with Crippen LogP contribution in [0, 0.1) is 0 Å². The van der Waals surface area contributed by atoms with Gasteiger partial charge in [-0.2, -0.15) is 0 Å². The van der Waals surface area contributed by atoms with Gasteiger partial charge >= 0.3 is 0 Å². The van der Waals surface area contributed by atoms with Crippen LogP contribution in [-0.4, -0.2) is 16.8 Å². The standard InChI is InChI=1S/C15H12N4O2/c16-9-4-6-10(7-5-9)17-11-2-1-3-12-13(11)19-15-14(18-12)20-8-21-15/h1-7,17H,8,16H2. The van der Waals surface area contributed by atoms with Crippen LogP contribution in [-0.2, 0) is 0 Å². The number of aromatic nitrogens is 2. The van der Waals surface area contributed by atoms with E-state index in [0.29, 0.717) is 11.8 Å². The number of para-hydroxylation sites is 1. The number of hydrogen-bond donors (Lipinski definition) is 2. The van der Waals surface area contributed by atoms with E-state index in [2.05, 4.69) is 15.3 Å². The number of benzene rings is 2. The zero-order valence-electron chi connectivity index (χ0n) is 11.0. The molecule has 0 unspecified atom stereocenters. The average Bonchev–Trinajstić information content (AvgIpc) is 2.95. The van der Waals surface area contributed by atoms with Crippen LogP contribution in [0.5, 0.6) is 11.8 Å². The molecule has 104 valence electrons. The maximum atomic E-state index is 5.69. The molecule has 6 heteroatoms. The minimum absolute atomic E-state index is 0.159. The average molecular weight is 280 g/mol. The molecular weight excluding hydrogens is 268 g/mol. The fraction of sp³-hybridized carbons (Fsp3) is 0.0667. The van der Waals surface area contributed by atoms with E-state index in [1.807, 2.05) is 42.5 Å². The Labute approximate surface area is 120 Å². The molecule has 0 bridgehead atoms. The number of anilines is 3. The largest absolute Gasteiger partial charge is 0.436 e. The Kier molecular flexibility index (Phi) is 2.53. The third-order valence-electron chi connectivity index (χ3n) is 3.21. The molecule has 21 heavy (non-hydrogen) atoms. The van der Waals surface area contributed by atoms with Crippen molar-refractivity contribution in [2.75, 3.05) is 17.8 Å². The number of hydrogen-bond acceptors (Lipinski definition) is 6. The molecule has 4 rings (SSSR count). The van der Waals surface area contributed by atoms with Crippen LogP contribution in [0.25, 0.3) is 11.0 Å². The van der Waals surface area contributed by atoms with Gasteiger partial charge in [0.2, 0.25) is 6.79 Å². The van der Waals surface area contributed by atoms with Crippen molar-refractivity contribution in [3.63, 3.8) is 0 Å². The van der Waals surface area contributed by atoms with Crippen molar-refractivity contribution in [1.82, 2.24) is 9.97 Å². The number of nitrogen functional groups attached to an aromatic ring is 1. The smallest absolute Gasteiger partial charge is 0.281 e. The minimum Gasteiger partial charge on any atom is -0.436 e. The van der Waals surface area contributed by atoms with Crippen molar-refractivity contribution in [3.8, 4) is 11.8 Å². The highest BCUT2D eigenvalue weighted by Crippen LogP contribution is 2.33. The second kappa shape index (κ2) is 4.52. The third-order valence-corrected chi connectivity index (χ3v) is 3.21. The summed E-state index contributed by atoms with van der Waals surface area (Å²) in [5.74, 6) is 0.862. The van der Waals surface area contributed by atoms with Gasteiger partial charge in [-0.25, -0.2) is 9.97 Å². The van der Waals surface area contributed by atoms with Crippen LogP contribution >= 0.6 is 0 Å². The molecule has 2 aromatic carbocycles. The molecule has 0 saturated carbocycles. The molecule has 0 spiro atoms. The second-order valence-corrected chi connectivity index (χ2v) is 4.66.